The van der Waals surface area contributed by atoms with E-state index in [0.29, 0.717) is 0 Å². The minimum absolute atomic E-state index is 1.02. The average molecular weight is 414 g/mol. The summed E-state index contributed by atoms with van der Waals surface area (Å²) in [6.45, 7) is 2.14. The first-order chi connectivity index (χ1) is 8.27. The Labute approximate surface area is 116 Å². The van der Waals surface area contributed by atoms with Crippen molar-refractivity contribution in [3.63, 3.8) is 0 Å². The van der Waals surface area contributed by atoms with Gasteiger partial charge in [-0.25, -0.2) is 0 Å². The van der Waals surface area contributed by atoms with Gasteiger partial charge < -0.3 is 0 Å². The molecule has 0 aliphatic carbocycles. The first-order valence-electron chi connectivity index (χ1n) is 5.51. The maximum absolute atomic E-state index is 4.50. The van der Waals surface area contributed by atoms with Gasteiger partial charge in [-0.15, -0.1) is 0 Å². The summed E-state index contributed by atoms with van der Waals surface area (Å²) in [7, 11) is 0. The summed E-state index contributed by atoms with van der Waals surface area (Å²) in [6, 6.07) is 14.8. The number of benzene rings is 1. The maximum atomic E-state index is 4.50. The van der Waals surface area contributed by atoms with Crippen LogP contribution < -0.4 is 3.25 Å². The van der Waals surface area contributed by atoms with E-state index in [1.807, 2.05) is 12.3 Å². The SMILES string of the molecule is Cc1ccccc1-n1[c]([Pb])cc2cccnc21. The van der Waals surface area contributed by atoms with Crippen LogP contribution in [0.2, 0.25) is 0 Å². The second-order valence-corrected chi connectivity index (χ2v) is 6.06. The van der Waals surface area contributed by atoms with Crippen molar-refractivity contribution in [3.8, 4) is 5.69 Å². The Bertz CT molecular complexity index is 686. The summed E-state index contributed by atoms with van der Waals surface area (Å²) < 4.78 is 3.63. The molecule has 17 heavy (non-hydrogen) atoms. The molecule has 2 nitrogen and oxygen atoms in total. The van der Waals surface area contributed by atoms with Crippen molar-refractivity contribution in [1.82, 2.24) is 9.55 Å². The van der Waals surface area contributed by atoms with Crippen molar-refractivity contribution in [2.45, 2.75) is 6.92 Å². The quantitative estimate of drug-likeness (QED) is 0.558. The van der Waals surface area contributed by atoms with Crippen molar-refractivity contribution in [1.29, 1.82) is 0 Å². The molecule has 0 aliphatic rings. The normalized spacial score (nSPS) is 10.9. The van der Waals surface area contributed by atoms with Gasteiger partial charge in [0.25, 0.3) is 0 Å². The summed E-state index contributed by atoms with van der Waals surface area (Å²) in [4.78, 5) is 4.50. The van der Waals surface area contributed by atoms with Gasteiger partial charge in [0.05, 0.1) is 0 Å². The van der Waals surface area contributed by atoms with Gasteiger partial charge in [-0.1, -0.05) is 0 Å². The topological polar surface area (TPSA) is 17.8 Å². The van der Waals surface area contributed by atoms with Gasteiger partial charge in [0.15, 0.2) is 0 Å². The number of aromatic nitrogens is 2. The van der Waals surface area contributed by atoms with Crippen LogP contribution in [0.3, 0.4) is 0 Å². The number of hydrogen-bond donors (Lipinski definition) is 0. The Morgan fingerprint density at radius 2 is 1.94 bits per heavy atom. The predicted molar refractivity (Wildman–Crippen MR) is 71.2 cm³/mol. The van der Waals surface area contributed by atoms with Crippen LogP contribution in [-0.2, 0) is 0 Å². The summed E-state index contributed by atoms with van der Waals surface area (Å²) in [5, 5.41) is 1.22. The molecule has 0 spiro atoms. The van der Waals surface area contributed by atoms with Crippen LogP contribution >= 0.6 is 0 Å². The number of aryl methyl sites for hydroxylation is 1. The molecule has 0 fully saturated rings. The number of fused-ring (bicyclic) bond motifs is 1. The van der Waals surface area contributed by atoms with Crippen molar-refractivity contribution in [3.05, 3.63) is 54.2 Å². The number of pyridine rings is 1. The van der Waals surface area contributed by atoms with Crippen molar-refractivity contribution < 1.29 is 0 Å². The number of rotatable bonds is 1. The van der Waals surface area contributed by atoms with E-state index in [4.69, 9.17) is 0 Å². The summed E-state index contributed by atoms with van der Waals surface area (Å²) in [6.07, 6.45) is 1.86. The summed E-state index contributed by atoms with van der Waals surface area (Å²) >= 11 is 1.02. The summed E-state index contributed by atoms with van der Waals surface area (Å²) in [5.41, 5.74) is 3.59. The first-order valence-corrected chi connectivity index (χ1v) is 7.46. The molecule has 0 atom stereocenters. The molecular weight excluding hydrogens is 403 g/mol. The monoisotopic (exact) mass is 415 g/mol. The molecule has 3 rings (SSSR count). The molecule has 0 bridgehead atoms. The van der Waals surface area contributed by atoms with Gasteiger partial charge in [0.1, 0.15) is 0 Å². The molecule has 81 valence electrons. The number of hydrogen-bond acceptors (Lipinski definition) is 1. The minimum atomic E-state index is 1.02. The van der Waals surface area contributed by atoms with Gasteiger partial charge >= 0.3 is 116 Å². The molecule has 0 unspecified atom stereocenters. The Kier molecular flexibility index (Phi) is 2.74. The van der Waals surface area contributed by atoms with Gasteiger partial charge in [-0.3, -0.25) is 0 Å². The van der Waals surface area contributed by atoms with E-state index in [0.717, 1.165) is 31.4 Å². The third kappa shape index (κ3) is 1.80. The van der Waals surface area contributed by atoms with E-state index in [1.165, 1.54) is 19.9 Å². The fraction of sp³-hybridized carbons (Fsp3) is 0.0714. The Morgan fingerprint density at radius 1 is 1.12 bits per heavy atom. The Morgan fingerprint density at radius 3 is 2.76 bits per heavy atom. The second-order valence-electron chi connectivity index (χ2n) is 4.07. The Balaban J connectivity index is 2.38. The molecule has 2 aromatic heterocycles. The van der Waals surface area contributed by atoms with Crippen LogP contribution in [0.5, 0.6) is 0 Å². The average Bonchev–Trinajstić information content (AvgIpc) is 2.66. The van der Waals surface area contributed by atoms with Gasteiger partial charge in [-0.05, 0) is 0 Å². The second kappa shape index (κ2) is 4.25. The summed E-state index contributed by atoms with van der Waals surface area (Å²) in [5.74, 6) is 0. The van der Waals surface area contributed by atoms with Crippen LogP contribution in [0.4, 0.5) is 0 Å². The van der Waals surface area contributed by atoms with Crippen LogP contribution in [-0.4, -0.2) is 35.3 Å². The van der Waals surface area contributed by atoms with E-state index in [2.05, 4.69) is 52.9 Å². The fourth-order valence-corrected chi connectivity index (χ4v) is 3.58. The fourth-order valence-electron chi connectivity index (χ4n) is 2.09. The number of para-hydroxylation sites is 1. The van der Waals surface area contributed by atoms with Gasteiger partial charge in [-0.2, -0.15) is 0 Å². The van der Waals surface area contributed by atoms with Gasteiger partial charge in [0, 0.05) is 0 Å². The zero-order chi connectivity index (χ0) is 11.8. The number of nitrogens with zero attached hydrogens (tertiary/aromatic N) is 2. The predicted octanol–water partition coefficient (Wildman–Crippen LogP) is 2.13. The van der Waals surface area contributed by atoms with Crippen molar-refractivity contribution in [2.75, 3.05) is 0 Å². The molecule has 0 N–H and O–H groups in total. The molecule has 0 saturated heterocycles. The first kappa shape index (κ1) is 11.0. The third-order valence-electron chi connectivity index (χ3n) is 2.92. The van der Waals surface area contributed by atoms with E-state index in [1.54, 1.807) is 0 Å². The molecule has 3 aromatic rings. The molecular formula is C14H11N2Pb. The molecule has 2 heterocycles. The molecule has 3 heteroatoms. The van der Waals surface area contributed by atoms with Crippen LogP contribution in [0.1, 0.15) is 5.56 Å². The van der Waals surface area contributed by atoms with Crippen LogP contribution in [0, 0.1) is 6.92 Å². The van der Waals surface area contributed by atoms with Crippen LogP contribution in [0.25, 0.3) is 16.7 Å². The van der Waals surface area contributed by atoms with E-state index >= 15 is 0 Å². The Hall–Kier alpha value is -1.17. The zero-order valence-corrected chi connectivity index (χ0v) is 13.4. The van der Waals surface area contributed by atoms with Crippen molar-refractivity contribution in [2.24, 2.45) is 0 Å². The third-order valence-corrected chi connectivity index (χ3v) is 4.35. The van der Waals surface area contributed by atoms with Gasteiger partial charge in [0.2, 0.25) is 0 Å². The molecule has 0 saturated carbocycles. The molecule has 0 aliphatic heterocycles. The van der Waals surface area contributed by atoms with E-state index in [9.17, 15) is 0 Å². The standard InChI is InChI=1S/C14H11N2.Pb/c1-11-5-2-3-7-13(11)16-10-8-12-6-4-9-15-14(12)16;/h2-9H,1H3;. The zero-order valence-electron chi connectivity index (χ0n) is 9.51. The van der Waals surface area contributed by atoms with Crippen LogP contribution in [0.15, 0.2) is 48.7 Å². The van der Waals surface area contributed by atoms with Crippen molar-refractivity contribution >= 4 is 40.1 Å². The van der Waals surface area contributed by atoms with E-state index < -0.39 is 0 Å². The molecule has 0 amide bonds. The van der Waals surface area contributed by atoms with E-state index in [-0.39, 0.29) is 0 Å². The molecule has 1 aromatic carbocycles. The molecule has 3 radical (unpaired) electrons.